The molecule has 1 aliphatic rings. The lowest BCUT2D eigenvalue weighted by atomic mass is 9.98. The van der Waals surface area contributed by atoms with Crippen LogP contribution in [0, 0.1) is 0 Å². The molecule has 0 bridgehead atoms. The van der Waals surface area contributed by atoms with Gasteiger partial charge in [-0.2, -0.15) is 0 Å². The minimum absolute atomic E-state index is 0.0485. The highest BCUT2D eigenvalue weighted by molar-refractivity contribution is 5.81. The summed E-state index contributed by atoms with van der Waals surface area (Å²) in [7, 11) is 5.94. The Morgan fingerprint density at radius 1 is 1.04 bits per heavy atom. The summed E-state index contributed by atoms with van der Waals surface area (Å²) in [5, 5.41) is 11.9. The molecule has 0 unspecified atom stereocenters. The lowest BCUT2D eigenvalue weighted by Gasteiger charge is -2.25. The van der Waals surface area contributed by atoms with E-state index >= 15 is 0 Å². The van der Waals surface area contributed by atoms with Crippen LogP contribution in [0.1, 0.15) is 23.5 Å². The van der Waals surface area contributed by atoms with E-state index in [0.29, 0.717) is 17.4 Å². The number of rotatable bonds is 7. The number of fused-ring (bicyclic) bond motifs is 3. The van der Waals surface area contributed by atoms with Gasteiger partial charge in [0, 0.05) is 12.3 Å². The smallest absolute Gasteiger partial charge is 0.407 e. The largest absolute Gasteiger partial charge is 0.480 e. The first-order valence-electron chi connectivity index (χ1n) is 9.41. The summed E-state index contributed by atoms with van der Waals surface area (Å²) in [5.41, 5.74) is 4.55. The molecule has 2 aromatic rings. The molecule has 0 aliphatic heterocycles. The van der Waals surface area contributed by atoms with E-state index in [2.05, 4.69) is 17.4 Å². The molecule has 0 saturated heterocycles. The lowest BCUT2D eigenvalue weighted by Crippen LogP contribution is -2.45. The minimum atomic E-state index is -1.05. The van der Waals surface area contributed by atoms with Gasteiger partial charge in [-0.25, -0.2) is 9.59 Å². The molecule has 0 saturated carbocycles. The molecule has 148 valence electrons. The van der Waals surface area contributed by atoms with Gasteiger partial charge in [0.15, 0.2) is 0 Å². The topological polar surface area (TPSA) is 75.6 Å². The van der Waals surface area contributed by atoms with Crippen LogP contribution >= 0.6 is 0 Å². The highest BCUT2D eigenvalue weighted by atomic mass is 16.5. The molecule has 0 heterocycles. The molecule has 1 amide bonds. The highest BCUT2D eigenvalue weighted by Gasteiger charge is 2.30. The van der Waals surface area contributed by atoms with E-state index < -0.39 is 18.1 Å². The molecule has 0 fully saturated rings. The maximum absolute atomic E-state index is 12.3. The second-order valence-corrected chi connectivity index (χ2v) is 8.16. The van der Waals surface area contributed by atoms with Gasteiger partial charge in [0.1, 0.15) is 12.6 Å². The van der Waals surface area contributed by atoms with Gasteiger partial charge in [0.25, 0.3) is 0 Å². The predicted molar refractivity (Wildman–Crippen MR) is 107 cm³/mol. The van der Waals surface area contributed by atoms with Gasteiger partial charge in [-0.1, -0.05) is 48.5 Å². The minimum Gasteiger partial charge on any atom is -0.480 e. The average molecular weight is 383 g/mol. The van der Waals surface area contributed by atoms with Crippen molar-refractivity contribution in [3.05, 3.63) is 59.7 Å². The molecular weight excluding hydrogens is 356 g/mol. The van der Waals surface area contributed by atoms with E-state index in [-0.39, 0.29) is 12.5 Å². The van der Waals surface area contributed by atoms with Crippen LogP contribution in [-0.4, -0.2) is 62.0 Å². The summed E-state index contributed by atoms with van der Waals surface area (Å²) in [6.45, 7) is 0.794. The third kappa shape index (κ3) is 4.51. The summed E-state index contributed by atoms with van der Waals surface area (Å²) in [5.74, 6) is -1.10. The fourth-order valence-corrected chi connectivity index (χ4v) is 3.56. The zero-order chi connectivity index (χ0) is 20.3. The Morgan fingerprint density at radius 2 is 1.57 bits per heavy atom. The van der Waals surface area contributed by atoms with Gasteiger partial charge in [-0.3, -0.25) is 0 Å². The maximum Gasteiger partial charge on any atom is 0.407 e. The first-order valence-corrected chi connectivity index (χ1v) is 9.41. The molecule has 0 radical (unpaired) electrons. The average Bonchev–Trinajstić information content (AvgIpc) is 2.96. The molecule has 1 aliphatic carbocycles. The third-order valence-corrected chi connectivity index (χ3v) is 5.02. The Balaban J connectivity index is 1.65. The molecular formula is C22H27N2O4+. The second-order valence-electron chi connectivity index (χ2n) is 8.16. The van der Waals surface area contributed by atoms with Crippen LogP contribution in [0.25, 0.3) is 11.1 Å². The number of carbonyl (C=O) groups excluding carboxylic acids is 1. The normalized spacial score (nSPS) is 14.1. The molecule has 0 spiro atoms. The van der Waals surface area contributed by atoms with Crippen molar-refractivity contribution in [2.45, 2.75) is 18.4 Å². The quantitative estimate of drug-likeness (QED) is 0.721. The van der Waals surface area contributed by atoms with Gasteiger partial charge in [0.2, 0.25) is 0 Å². The number of benzene rings is 2. The molecule has 3 rings (SSSR count). The van der Waals surface area contributed by atoms with Gasteiger partial charge in [-0.15, -0.1) is 0 Å². The predicted octanol–water partition coefficient (Wildman–Crippen LogP) is 3.07. The number of carboxylic acids is 1. The third-order valence-electron chi connectivity index (χ3n) is 5.02. The monoisotopic (exact) mass is 383 g/mol. The van der Waals surface area contributed by atoms with Crippen molar-refractivity contribution in [2.24, 2.45) is 0 Å². The van der Waals surface area contributed by atoms with Crippen molar-refractivity contribution < 1.29 is 23.9 Å². The summed E-state index contributed by atoms with van der Waals surface area (Å²) >= 11 is 0. The molecule has 0 aromatic heterocycles. The number of nitrogens with one attached hydrogen (secondary N) is 1. The Kier molecular flexibility index (Phi) is 5.70. The summed E-state index contributed by atoms with van der Waals surface area (Å²) < 4.78 is 6.05. The highest BCUT2D eigenvalue weighted by Crippen LogP contribution is 2.44. The fourth-order valence-electron chi connectivity index (χ4n) is 3.56. The van der Waals surface area contributed by atoms with Crippen molar-refractivity contribution in [2.75, 3.05) is 34.3 Å². The van der Waals surface area contributed by atoms with Crippen LogP contribution in [0.15, 0.2) is 48.5 Å². The van der Waals surface area contributed by atoms with Crippen LogP contribution in [0.5, 0.6) is 0 Å². The second kappa shape index (κ2) is 8.02. The van der Waals surface area contributed by atoms with E-state index in [1.165, 1.54) is 0 Å². The Morgan fingerprint density at radius 3 is 2.07 bits per heavy atom. The maximum atomic E-state index is 12.3. The molecule has 1 atom stereocenters. The van der Waals surface area contributed by atoms with Gasteiger partial charge >= 0.3 is 12.1 Å². The van der Waals surface area contributed by atoms with E-state index in [4.69, 9.17) is 4.74 Å². The van der Waals surface area contributed by atoms with Gasteiger partial charge in [-0.05, 0) is 22.3 Å². The number of hydrogen-bond donors (Lipinski definition) is 2. The van der Waals surface area contributed by atoms with E-state index in [1.807, 2.05) is 57.5 Å². The van der Waals surface area contributed by atoms with Crippen molar-refractivity contribution in [1.29, 1.82) is 0 Å². The van der Waals surface area contributed by atoms with Gasteiger partial charge in [0.05, 0.1) is 27.7 Å². The number of amides is 1. The Hall–Kier alpha value is -2.86. The van der Waals surface area contributed by atoms with Crippen molar-refractivity contribution in [3.8, 4) is 11.1 Å². The van der Waals surface area contributed by atoms with Crippen molar-refractivity contribution in [1.82, 2.24) is 5.32 Å². The molecule has 6 nitrogen and oxygen atoms in total. The van der Waals surface area contributed by atoms with Crippen LogP contribution in [-0.2, 0) is 9.53 Å². The SMILES string of the molecule is C[N+](C)(C)CC[C@H](NC(=O)OCC1c2ccccc2-c2ccccc21)C(=O)O. The van der Waals surface area contributed by atoms with Crippen molar-refractivity contribution >= 4 is 12.1 Å². The summed E-state index contributed by atoms with van der Waals surface area (Å²) in [6, 6.07) is 15.2. The molecule has 6 heteroatoms. The van der Waals surface area contributed by atoms with Crippen LogP contribution in [0.4, 0.5) is 4.79 Å². The van der Waals surface area contributed by atoms with Crippen molar-refractivity contribution in [3.63, 3.8) is 0 Å². The standard InChI is InChI=1S/C22H26N2O4/c1-24(2,3)13-12-20(21(25)26)23-22(27)28-14-19-17-10-6-4-8-15(17)16-9-5-7-11-18(16)19/h4-11,19-20H,12-14H2,1-3H3,(H-,23,25,26,27)/p+1/t20-/m0/s1. The van der Waals surface area contributed by atoms with Crippen LogP contribution in [0.3, 0.4) is 0 Å². The molecule has 2 aromatic carbocycles. The molecule has 28 heavy (non-hydrogen) atoms. The van der Waals surface area contributed by atoms with E-state index in [9.17, 15) is 14.7 Å². The zero-order valence-corrected chi connectivity index (χ0v) is 16.5. The number of carboxylic acid groups (broad SMARTS) is 1. The first kappa shape index (κ1) is 19.9. The first-order chi connectivity index (χ1) is 13.3. The van der Waals surface area contributed by atoms with E-state index in [1.54, 1.807) is 0 Å². The number of alkyl carbamates (subject to hydrolysis) is 1. The van der Waals surface area contributed by atoms with E-state index in [0.717, 1.165) is 22.3 Å². The Bertz CT molecular complexity index is 827. The number of aliphatic carboxylic acids is 1. The molecule has 2 N–H and O–H groups in total. The summed E-state index contributed by atoms with van der Waals surface area (Å²) in [4.78, 5) is 23.7. The number of ether oxygens (including phenoxy) is 1. The zero-order valence-electron chi connectivity index (χ0n) is 16.5. The van der Waals surface area contributed by atoms with Crippen LogP contribution in [0.2, 0.25) is 0 Å². The fraction of sp³-hybridized carbons (Fsp3) is 0.364. The summed E-state index contributed by atoms with van der Waals surface area (Å²) in [6.07, 6.45) is -0.362. The number of nitrogens with zero attached hydrogens (tertiary/aromatic N) is 1. The number of quaternary nitrogens is 1. The Labute approximate surface area is 165 Å². The number of hydrogen-bond acceptors (Lipinski definition) is 3. The van der Waals surface area contributed by atoms with Crippen LogP contribution < -0.4 is 5.32 Å². The lowest BCUT2D eigenvalue weighted by molar-refractivity contribution is -0.870. The number of carbonyl (C=O) groups is 2. The van der Waals surface area contributed by atoms with Gasteiger partial charge < -0.3 is 19.6 Å².